The number of ether oxygens (including phenoxy) is 1. The predicted octanol–water partition coefficient (Wildman–Crippen LogP) is 4.87. The van der Waals surface area contributed by atoms with Gasteiger partial charge < -0.3 is 14.9 Å². The number of benzene rings is 2. The van der Waals surface area contributed by atoms with E-state index in [0.717, 1.165) is 39.5 Å². The van der Waals surface area contributed by atoms with Crippen molar-refractivity contribution in [2.24, 2.45) is 5.92 Å². The van der Waals surface area contributed by atoms with Crippen molar-refractivity contribution in [3.05, 3.63) is 94.8 Å². The summed E-state index contributed by atoms with van der Waals surface area (Å²) in [5.74, 6) is 1.19. The van der Waals surface area contributed by atoms with Crippen molar-refractivity contribution in [1.82, 2.24) is 4.90 Å². The third-order valence-corrected chi connectivity index (χ3v) is 8.47. The van der Waals surface area contributed by atoms with Gasteiger partial charge in [0.25, 0.3) is 0 Å². The Labute approximate surface area is 192 Å². The second-order valence-corrected chi connectivity index (χ2v) is 10.2. The second kappa shape index (κ2) is 7.84. The quantitative estimate of drug-likeness (QED) is 0.688. The molecule has 2 aromatic carbocycles. The van der Waals surface area contributed by atoms with Crippen LogP contribution < -0.4 is 4.74 Å². The number of rotatable bonds is 5. The van der Waals surface area contributed by atoms with Gasteiger partial charge in [-0.1, -0.05) is 42.5 Å². The van der Waals surface area contributed by atoms with Crippen molar-refractivity contribution in [3.63, 3.8) is 0 Å². The van der Waals surface area contributed by atoms with Crippen molar-refractivity contribution in [2.45, 2.75) is 23.7 Å². The number of nitrogens with zero attached hydrogens (tertiary/aromatic N) is 1. The van der Waals surface area contributed by atoms with Gasteiger partial charge in [-0.05, 0) is 66.9 Å². The van der Waals surface area contributed by atoms with Crippen LogP contribution in [0.1, 0.15) is 29.5 Å². The zero-order valence-electron chi connectivity index (χ0n) is 17.9. The van der Waals surface area contributed by atoms with Crippen LogP contribution in [0.4, 0.5) is 0 Å². The molecule has 2 aromatic rings. The van der Waals surface area contributed by atoms with E-state index >= 15 is 0 Å². The number of hydrogen-bond acceptors (Lipinski definition) is 5. The fourth-order valence-electron chi connectivity index (χ4n) is 5.52. The highest BCUT2D eigenvalue weighted by Crippen LogP contribution is 2.62. The summed E-state index contributed by atoms with van der Waals surface area (Å²) in [5.41, 5.74) is 2.73. The molecule has 4 aliphatic rings. The molecule has 3 atom stereocenters. The lowest BCUT2D eigenvalue weighted by Crippen LogP contribution is -2.33. The molecule has 0 aromatic heterocycles. The number of fused-ring (bicyclic) bond motifs is 4. The summed E-state index contributed by atoms with van der Waals surface area (Å²) in [6.07, 6.45) is 8.25. The van der Waals surface area contributed by atoms with Crippen molar-refractivity contribution >= 4 is 16.7 Å². The Morgan fingerprint density at radius 1 is 1.06 bits per heavy atom. The molecule has 0 radical (unpaired) electrons. The van der Waals surface area contributed by atoms with E-state index in [2.05, 4.69) is 11.0 Å². The van der Waals surface area contributed by atoms with Crippen LogP contribution in [0.15, 0.2) is 78.1 Å². The Bertz CT molecular complexity index is 1130. The molecule has 0 saturated carbocycles. The first-order valence-corrected chi connectivity index (χ1v) is 12.3. The SMILES string of the molecule is OC1=CC2SC3=C(C2C=C1)C(O)(c1ccc(OCCN2CCCC2)cc1)c1ccccc13. The van der Waals surface area contributed by atoms with E-state index in [0.29, 0.717) is 12.4 Å². The maximum absolute atomic E-state index is 12.3. The smallest absolute Gasteiger partial charge is 0.139 e. The van der Waals surface area contributed by atoms with E-state index in [9.17, 15) is 10.2 Å². The van der Waals surface area contributed by atoms with Gasteiger partial charge in [0.2, 0.25) is 0 Å². The molecule has 1 saturated heterocycles. The second-order valence-electron chi connectivity index (χ2n) is 8.98. The molecule has 2 N–H and O–H groups in total. The average Bonchev–Trinajstić information content (AvgIpc) is 3.51. The summed E-state index contributed by atoms with van der Waals surface area (Å²) in [6, 6.07) is 16.1. The Hall–Kier alpha value is -2.47. The van der Waals surface area contributed by atoms with Gasteiger partial charge >= 0.3 is 0 Å². The van der Waals surface area contributed by atoms with Gasteiger partial charge in [-0.2, -0.15) is 0 Å². The molecule has 4 nitrogen and oxygen atoms in total. The minimum Gasteiger partial charge on any atom is -0.508 e. The molecule has 1 fully saturated rings. The lowest BCUT2D eigenvalue weighted by molar-refractivity contribution is 0.116. The van der Waals surface area contributed by atoms with Crippen LogP contribution in [0, 0.1) is 5.92 Å². The zero-order valence-corrected chi connectivity index (χ0v) is 18.7. The van der Waals surface area contributed by atoms with Gasteiger partial charge in [0.1, 0.15) is 23.7 Å². The topological polar surface area (TPSA) is 52.9 Å². The minimum absolute atomic E-state index is 0.0553. The van der Waals surface area contributed by atoms with Crippen LogP contribution in [0.3, 0.4) is 0 Å². The number of thioether (sulfide) groups is 1. The van der Waals surface area contributed by atoms with E-state index < -0.39 is 5.60 Å². The monoisotopic (exact) mass is 445 g/mol. The molecule has 0 spiro atoms. The standard InChI is InChI=1S/C27H27NO3S/c29-19-9-12-22-24(17-19)32-26-21-5-1-2-6-23(21)27(30,25(22)26)18-7-10-20(11-8-18)31-16-15-28-13-3-4-14-28/h1-2,5-12,17,22,24,29-30H,3-4,13-16H2. The normalized spacial score (nSPS) is 28.5. The fourth-order valence-corrected chi connectivity index (χ4v) is 7.08. The van der Waals surface area contributed by atoms with Crippen molar-refractivity contribution in [3.8, 4) is 5.75 Å². The van der Waals surface area contributed by atoms with E-state index in [1.165, 1.54) is 25.9 Å². The lowest BCUT2D eigenvalue weighted by Gasteiger charge is -2.33. The highest BCUT2D eigenvalue weighted by Gasteiger charge is 2.53. The van der Waals surface area contributed by atoms with E-state index in [1.54, 1.807) is 17.8 Å². The van der Waals surface area contributed by atoms with E-state index in [4.69, 9.17) is 4.74 Å². The summed E-state index contributed by atoms with van der Waals surface area (Å²) < 4.78 is 5.99. The number of aliphatic hydroxyl groups excluding tert-OH is 1. The summed E-state index contributed by atoms with van der Waals surface area (Å²) in [5, 5.41) is 22.4. The molecule has 0 amide bonds. The van der Waals surface area contributed by atoms with Crippen molar-refractivity contribution in [2.75, 3.05) is 26.2 Å². The van der Waals surface area contributed by atoms with Crippen molar-refractivity contribution < 1.29 is 14.9 Å². The minimum atomic E-state index is -1.18. The largest absolute Gasteiger partial charge is 0.508 e. The molecule has 6 rings (SSSR count). The molecule has 2 aliphatic heterocycles. The highest BCUT2D eigenvalue weighted by molar-refractivity contribution is 8.09. The van der Waals surface area contributed by atoms with E-state index in [-0.39, 0.29) is 11.2 Å². The number of likely N-dealkylation sites (tertiary alicyclic amines) is 1. The van der Waals surface area contributed by atoms with Gasteiger partial charge in [0.15, 0.2) is 0 Å². The first-order valence-electron chi connectivity index (χ1n) is 11.4. The molecular weight excluding hydrogens is 418 g/mol. The fraction of sp³-hybridized carbons (Fsp3) is 0.333. The Balaban J connectivity index is 1.30. The number of aliphatic hydroxyl groups is 2. The molecule has 32 heavy (non-hydrogen) atoms. The Morgan fingerprint density at radius 2 is 1.84 bits per heavy atom. The number of hydrogen-bond donors (Lipinski definition) is 2. The Kier molecular flexibility index (Phi) is 4.94. The summed E-state index contributed by atoms with van der Waals surface area (Å²) >= 11 is 1.74. The van der Waals surface area contributed by atoms with Gasteiger partial charge in [-0.15, -0.1) is 11.8 Å². The highest BCUT2D eigenvalue weighted by atomic mass is 32.2. The van der Waals surface area contributed by atoms with E-state index in [1.807, 2.05) is 54.6 Å². The van der Waals surface area contributed by atoms with Crippen LogP contribution in [-0.2, 0) is 5.60 Å². The third-order valence-electron chi connectivity index (χ3n) is 7.09. The van der Waals surface area contributed by atoms with Gasteiger partial charge in [-0.3, -0.25) is 4.90 Å². The van der Waals surface area contributed by atoms with Crippen LogP contribution in [-0.4, -0.2) is 46.6 Å². The molecule has 164 valence electrons. The molecule has 5 heteroatoms. The predicted molar refractivity (Wildman–Crippen MR) is 129 cm³/mol. The number of allylic oxidation sites excluding steroid dienone is 2. The lowest BCUT2D eigenvalue weighted by atomic mass is 9.76. The Morgan fingerprint density at radius 3 is 2.66 bits per heavy atom. The summed E-state index contributed by atoms with van der Waals surface area (Å²) in [4.78, 5) is 3.58. The molecule has 3 unspecified atom stereocenters. The van der Waals surface area contributed by atoms with Crippen molar-refractivity contribution in [1.29, 1.82) is 0 Å². The average molecular weight is 446 g/mol. The summed E-state index contributed by atoms with van der Waals surface area (Å²) in [7, 11) is 0. The molecule has 2 heterocycles. The zero-order chi connectivity index (χ0) is 21.7. The van der Waals surface area contributed by atoms with Crippen LogP contribution in [0.5, 0.6) is 5.75 Å². The van der Waals surface area contributed by atoms with Crippen LogP contribution in [0.25, 0.3) is 4.91 Å². The van der Waals surface area contributed by atoms with Gasteiger partial charge in [-0.25, -0.2) is 0 Å². The van der Waals surface area contributed by atoms with Gasteiger partial charge in [0, 0.05) is 28.2 Å². The molecular formula is C27H27NO3S. The van der Waals surface area contributed by atoms with Crippen LogP contribution >= 0.6 is 11.8 Å². The maximum atomic E-state index is 12.3. The van der Waals surface area contributed by atoms with Gasteiger partial charge in [0.05, 0.1) is 0 Å². The molecule has 2 aliphatic carbocycles. The molecule has 0 bridgehead atoms. The van der Waals surface area contributed by atoms with Crippen LogP contribution in [0.2, 0.25) is 0 Å². The first kappa shape index (κ1) is 20.2. The maximum Gasteiger partial charge on any atom is 0.139 e. The first-order chi connectivity index (χ1) is 15.6. The third kappa shape index (κ3) is 3.14. The summed E-state index contributed by atoms with van der Waals surface area (Å²) in [6.45, 7) is 3.99.